The molecular formula is C19H17F3N4O2. The van der Waals surface area contributed by atoms with Gasteiger partial charge in [-0.15, -0.1) is 11.5 Å². The second-order valence-electron chi connectivity index (χ2n) is 6.55. The summed E-state index contributed by atoms with van der Waals surface area (Å²) < 4.78 is 39.5. The van der Waals surface area contributed by atoms with E-state index in [1.807, 2.05) is 5.92 Å². The van der Waals surface area contributed by atoms with Crippen LogP contribution in [-0.2, 0) is 15.8 Å². The minimum Gasteiger partial charge on any atom is -0.368 e. The van der Waals surface area contributed by atoms with Gasteiger partial charge in [0.15, 0.2) is 5.82 Å². The van der Waals surface area contributed by atoms with Gasteiger partial charge in [0.05, 0.1) is 11.3 Å². The number of rotatable bonds is 4. The molecule has 6 nitrogen and oxygen atoms in total. The van der Waals surface area contributed by atoms with Crippen LogP contribution in [0.3, 0.4) is 0 Å². The van der Waals surface area contributed by atoms with Crippen LogP contribution in [0.15, 0.2) is 36.5 Å². The minimum absolute atomic E-state index is 0.114. The number of nitrogens with two attached hydrogens (primary N) is 1. The zero-order chi connectivity index (χ0) is 20.5. The molecule has 3 rings (SSSR count). The second kappa shape index (κ2) is 7.03. The molecule has 1 aromatic heterocycles. The zero-order valence-corrected chi connectivity index (χ0v) is 14.7. The maximum atomic E-state index is 12.7. The fraction of sp³-hybridized carbons (Fsp3) is 0.316. The maximum Gasteiger partial charge on any atom is 0.416 e. The van der Waals surface area contributed by atoms with Crippen LogP contribution in [0.2, 0.25) is 0 Å². The molecule has 0 spiro atoms. The van der Waals surface area contributed by atoms with Crippen LogP contribution in [0.4, 0.5) is 19.0 Å². The lowest BCUT2D eigenvalue weighted by Gasteiger charge is -2.35. The first kappa shape index (κ1) is 19.5. The number of alkyl halides is 3. The summed E-state index contributed by atoms with van der Waals surface area (Å²) in [6.45, 7) is 0. The van der Waals surface area contributed by atoms with E-state index in [-0.39, 0.29) is 5.82 Å². The van der Waals surface area contributed by atoms with Crippen LogP contribution in [0.25, 0.3) is 5.69 Å². The van der Waals surface area contributed by atoms with Crippen molar-refractivity contribution in [2.45, 2.75) is 37.4 Å². The van der Waals surface area contributed by atoms with E-state index in [0.29, 0.717) is 31.4 Å². The van der Waals surface area contributed by atoms with Crippen LogP contribution < -0.4 is 10.6 Å². The van der Waals surface area contributed by atoms with Gasteiger partial charge in [-0.1, -0.05) is 12.8 Å². The van der Waals surface area contributed by atoms with Crippen LogP contribution >= 0.6 is 0 Å². The fourth-order valence-corrected chi connectivity index (χ4v) is 3.50. The van der Waals surface area contributed by atoms with Gasteiger partial charge < -0.3 is 5.73 Å². The highest BCUT2D eigenvalue weighted by Crippen LogP contribution is 2.38. The van der Waals surface area contributed by atoms with Gasteiger partial charge in [0.1, 0.15) is 5.54 Å². The van der Waals surface area contributed by atoms with E-state index in [2.05, 4.69) is 5.10 Å². The quantitative estimate of drug-likeness (QED) is 0.815. The first-order chi connectivity index (χ1) is 13.2. The van der Waals surface area contributed by atoms with E-state index in [1.165, 1.54) is 29.1 Å². The number of aromatic nitrogens is 2. The Balaban J connectivity index is 1.99. The predicted molar refractivity (Wildman–Crippen MR) is 95.3 cm³/mol. The average Bonchev–Trinajstić information content (AvgIpc) is 3.32. The smallest absolute Gasteiger partial charge is 0.368 e. The number of carbonyl (C=O) groups excluding carboxylic acids is 2. The third kappa shape index (κ3) is 3.33. The molecular weight excluding hydrogens is 373 g/mol. The Labute approximate surface area is 159 Å². The Hall–Kier alpha value is -3.28. The van der Waals surface area contributed by atoms with Gasteiger partial charge in [0, 0.05) is 12.3 Å². The van der Waals surface area contributed by atoms with E-state index in [0.717, 1.165) is 17.0 Å². The van der Waals surface area contributed by atoms with Gasteiger partial charge in [-0.2, -0.15) is 13.2 Å². The summed E-state index contributed by atoms with van der Waals surface area (Å²) in [5.74, 6) is 0.692. The zero-order valence-electron chi connectivity index (χ0n) is 14.7. The number of hydrogen-bond acceptors (Lipinski definition) is 3. The molecule has 1 aliphatic rings. The average molecular weight is 390 g/mol. The highest BCUT2D eigenvalue weighted by molar-refractivity contribution is 6.10. The normalized spacial score (nSPS) is 15.8. The Morgan fingerprint density at radius 2 is 1.79 bits per heavy atom. The molecule has 2 N–H and O–H groups in total. The molecule has 0 atom stereocenters. The predicted octanol–water partition coefficient (Wildman–Crippen LogP) is 2.66. The van der Waals surface area contributed by atoms with Crippen molar-refractivity contribution in [1.29, 1.82) is 0 Å². The van der Waals surface area contributed by atoms with Gasteiger partial charge >= 0.3 is 12.1 Å². The first-order valence-electron chi connectivity index (χ1n) is 8.53. The molecule has 0 radical (unpaired) electrons. The standard InChI is InChI=1S/C19H17F3N4O2/c1-2-16(27)26(18(17(23)28)10-3-4-11-18)15-9-12-25(24-15)14-7-5-13(6-8-14)19(20,21)22/h1,5-9,12H,3-4,10-11H2,(H2,23,28). The molecule has 1 heterocycles. The monoisotopic (exact) mass is 390 g/mol. The number of hydrogen-bond donors (Lipinski definition) is 1. The summed E-state index contributed by atoms with van der Waals surface area (Å²) in [5.41, 5.74) is 3.90. The van der Waals surface area contributed by atoms with Gasteiger partial charge in [-0.05, 0) is 43.0 Å². The lowest BCUT2D eigenvalue weighted by atomic mass is 9.93. The summed E-state index contributed by atoms with van der Waals surface area (Å²) in [6.07, 6.45) is 4.44. The number of terminal acetylenes is 1. The van der Waals surface area contributed by atoms with Crippen LogP contribution in [0.1, 0.15) is 31.2 Å². The Morgan fingerprint density at radius 3 is 2.29 bits per heavy atom. The van der Waals surface area contributed by atoms with Gasteiger partial charge in [-0.3, -0.25) is 14.5 Å². The van der Waals surface area contributed by atoms with E-state index >= 15 is 0 Å². The highest BCUT2D eigenvalue weighted by Gasteiger charge is 2.48. The molecule has 2 amide bonds. The molecule has 28 heavy (non-hydrogen) atoms. The molecule has 2 aromatic rings. The maximum absolute atomic E-state index is 12.7. The molecule has 0 unspecified atom stereocenters. The van der Waals surface area contributed by atoms with Crippen LogP contribution in [0, 0.1) is 12.3 Å². The lowest BCUT2D eigenvalue weighted by molar-refractivity contribution is -0.137. The van der Waals surface area contributed by atoms with E-state index in [4.69, 9.17) is 12.2 Å². The largest absolute Gasteiger partial charge is 0.416 e. The van der Waals surface area contributed by atoms with E-state index in [1.54, 1.807) is 0 Å². The number of primary amides is 1. The van der Waals surface area contributed by atoms with Crippen LogP contribution in [0.5, 0.6) is 0 Å². The number of nitrogens with zero attached hydrogens (tertiary/aromatic N) is 3. The number of halogens is 3. The Morgan fingerprint density at radius 1 is 1.18 bits per heavy atom. The van der Waals surface area contributed by atoms with Crippen LogP contribution in [-0.4, -0.2) is 27.1 Å². The number of amides is 2. The van der Waals surface area contributed by atoms with Crippen molar-refractivity contribution in [2.75, 3.05) is 4.90 Å². The number of carbonyl (C=O) groups is 2. The Bertz CT molecular complexity index is 935. The molecule has 1 saturated carbocycles. The van der Waals surface area contributed by atoms with E-state index in [9.17, 15) is 22.8 Å². The van der Waals surface area contributed by atoms with Crippen molar-refractivity contribution >= 4 is 17.6 Å². The molecule has 146 valence electrons. The lowest BCUT2D eigenvalue weighted by Crippen LogP contribution is -2.58. The summed E-state index contributed by atoms with van der Waals surface area (Å²) in [5, 5.41) is 4.25. The third-order valence-corrected chi connectivity index (χ3v) is 4.91. The fourth-order valence-electron chi connectivity index (χ4n) is 3.50. The summed E-state index contributed by atoms with van der Waals surface area (Å²) >= 11 is 0. The minimum atomic E-state index is -4.44. The Kier molecular flexibility index (Phi) is 4.89. The van der Waals surface area contributed by atoms with Crippen molar-refractivity contribution in [1.82, 2.24) is 9.78 Å². The van der Waals surface area contributed by atoms with Crippen molar-refractivity contribution in [3.8, 4) is 18.0 Å². The SMILES string of the molecule is C#CC(=O)N(c1ccn(-c2ccc(C(F)(F)F)cc2)n1)C1(C(N)=O)CCCC1. The van der Waals surface area contributed by atoms with Gasteiger partial charge in [0.25, 0.3) is 0 Å². The molecule has 0 bridgehead atoms. The number of anilines is 1. The van der Waals surface area contributed by atoms with Crippen molar-refractivity contribution < 1.29 is 22.8 Å². The molecule has 1 aliphatic carbocycles. The molecule has 1 aromatic carbocycles. The van der Waals surface area contributed by atoms with Gasteiger partial charge in [0.2, 0.25) is 5.91 Å². The molecule has 0 saturated heterocycles. The first-order valence-corrected chi connectivity index (χ1v) is 8.53. The molecule has 0 aliphatic heterocycles. The topological polar surface area (TPSA) is 81.2 Å². The van der Waals surface area contributed by atoms with E-state index < -0.39 is 29.1 Å². The van der Waals surface area contributed by atoms with Crippen molar-refractivity contribution in [2.24, 2.45) is 5.73 Å². The summed E-state index contributed by atoms with van der Waals surface area (Å²) in [7, 11) is 0. The number of benzene rings is 1. The second-order valence-corrected chi connectivity index (χ2v) is 6.55. The van der Waals surface area contributed by atoms with Crippen molar-refractivity contribution in [3.63, 3.8) is 0 Å². The van der Waals surface area contributed by atoms with Crippen molar-refractivity contribution in [3.05, 3.63) is 42.1 Å². The third-order valence-electron chi connectivity index (χ3n) is 4.91. The summed E-state index contributed by atoms with van der Waals surface area (Å²) in [6, 6.07) is 5.85. The van der Waals surface area contributed by atoms with Gasteiger partial charge in [-0.25, -0.2) is 4.68 Å². The molecule has 9 heteroatoms. The highest BCUT2D eigenvalue weighted by atomic mass is 19.4. The summed E-state index contributed by atoms with van der Waals surface area (Å²) in [4.78, 5) is 25.7. The molecule has 1 fully saturated rings.